The molecule has 1 saturated carbocycles. The van der Waals surface area contributed by atoms with Crippen LogP contribution in [0.15, 0.2) is 29.8 Å². The molecule has 3 rings (SSSR count). The Labute approximate surface area is 126 Å². The fourth-order valence-corrected chi connectivity index (χ4v) is 3.69. The third-order valence-corrected chi connectivity index (χ3v) is 4.76. The maximum Gasteiger partial charge on any atom is 0.223 e. The number of allylic oxidation sites excluding steroid dienone is 1. The number of fused-ring (bicyclic) bond motifs is 1. The van der Waals surface area contributed by atoms with E-state index in [1.807, 2.05) is 17.0 Å². The van der Waals surface area contributed by atoms with Crippen molar-refractivity contribution in [2.24, 2.45) is 5.92 Å². The number of methoxy groups -OCH3 is 1. The van der Waals surface area contributed by atoms with Crippen molar-refractivity contribution in [3.05, 3.63) is 35.4 Å². The molecule has 1 heterocycles. The summed E-state index contributed by atoms with van der Waals surface area (Å²) in [4.78, 5) is 14.0. The number of benzene rings is 1. The predicted molar refractivity (Wildman–Crippen MR) is 83.9 cm³/mol. The number of rotatable bonds is 2. The van der Waals surface area contributed by atoms with Gasteiger partial charge in [-0.25, -0.2) is 0 Å². The molecule has 0 aromatic heterocycles. The highest BCUT2D eigenvalue weighted by molar-refractivity contribution is 5.87. The highest BCUT2D eigenvalue weighted by Crippen LogP contribution is 2.42. The number of ether oxygens (including phenoxy) is 1. The van der Waals surface area contributed by atoms with E-state index in [1.165, 1.54) is 30.5 Å². The first-order valence-corrected chi connectivity index (χ1v) is 7.86. The highest BCUT2D eigenvalue weighted by atomic mass is 16.5. The lowest BCUT2D eigenvalue weighted by atomic mass is 9.77. The van der Waals surface area contributed by atoms with Gasteiger partial charge in [0.25, 0.3) is 0 Å². The monoisotopic (exact) mass is 285 g/mol. The van der Waals surface area contributed by atoms with E-state index in [-0.39, 0.29) is 5.91 Å². The maximum atomic E-state index is 12.0. The normalized spacial score (nSPS) is 22.0. The Kier molecular flexibility index (Phi) is 4.00. The molecule has 0 spiro atoms. The molecule has 1 aliphatic heterocycles. The SMILES string of the molecule is COc1ccc(C2=C3CCCCC3CCN2C(C)=O)cc1. The van der Waals surface area contributed by atoms with Gasteiger partial charge < -0.3 is 9.64 Å². The van der Waals surface area contributed by atoms with Gasteiger partial charge in [-0.2, -0.15) is 0 Å². The van der Waals surface area contributed by atoms with Gasteiger partial charge in [0.15, 0.2) is 0 Å². The molecule has 21 heavy (non-hydrogen) atoms. The van der Waals surface area contributed by atoms with Gasteiger partial charge in [0.1, 0.15) is 5.75 Å². The van der Waals surface area contributed by atoms with Crippen LogP contribution in [-0.2, 0) is 4.79 Å². The molecule has 112 valence electrons. The van der Waals surface area contributed by atoms with Crippen molar-refractivity contribution >= 4 is 11.6 Å². The van der Waals surface area contributed by atoms with Crippen molar-refractivity contribution in [2.45, 2.75) is 39.0 Å². The molecular formula is C18H23NO2. The molecule has 1 amide bonds. The van der Waals surface area contributed by atoms with Crippen LogP contribution in [0.5, 0.6) is 5.75 Å². The second-order valence-electron chi connectivity index (χ2n) is 6.00. The fourth-order valence-electron chi connectivity index (χ4n) is 3.69. The molecular weight excluding hydrogens is 262 g/mol. The molecule has 2 aliphatic rings. The van der Waals surface area contributed by atoms with Crippen LogP contribution in [0.1, 0.15) is 44.6 Å². The van der Waals surface area contributed by atoms with Gasteiger partial charge in [0, 0.05) is 13.5 Å². The van der Waals surface area contributed by atoms with Crippen molar-refractivity contribution in [1.29, 1.82) is 0 Å². The van der Waals surface area contributed by atoms with Crippen molar-refractivity contribution in [2.75, 3.05) is 13.7 Å². The molecule has 0 N–H and O–H groups in total. The maximum absolute atomic E-state index is 12.0. The van der Waals surface area contributed by atoms with E-state index >= 15 is 0 Å². The van der Waals surface area contributed by atoms with Crippen LogP contribution in [0.3, 0.4) is 0 Å². The minimum Gasteiger partial charge on any atom is -0.497 e. The molecule has 0 bridgehead atoms. The van der Waals surface area contributed by atoms with E-state index in [0.717, 1.165) is 30.7 Å². The van der Waals surface area contributed by atoms with E-state index in [0.29, 0.717) is 5.92 Å². The van der Waals surface area contributed by atoms with Crippen molar-refractivity contribution in [3.63, 3.8) is 0 Å². The number of nitrogens with zero attached hydrogens (tertiary/aromatic N) is 1. The number of hydrogen-bond acceptors (Lipinski definition) is 2. The number of amides is 1. The molecule has 3 nitrogen and oxygen atoms in total. The van der Waals surface area contributed by atoms with Crippen molar-refractivity contribution < 1.29 is 9.53 Å². The van der Waals surface area contributed by atoms with Crippen molar-refractivity contribution in [1.82, 2.24) is 4.90 Å². The Morgan fingerprint density at radius 3 is 2.62 bits per heavy atom. The summed E-state index contributed by atoms with van der Waals surface area (Å²) >= 11 is 0. The quantitative estimate of drug-likeness (QED) is 0.826. The Balaban J connectivity index is 2.06. The largest absolute Gasteiger partial charge is 0.497 e. The summed E-state index contributed by atoms with van der Waals surface area (Å²) in [6, 6.07) is 8.11. The molecule has 0 radical (unpaired) electrons. The van der Waals surface area contributed by atoms with E-state index < -0.39 is 0 Å². The van der Waals surface area contributed by atoms with Crippen LogP contribution < -0.4 is 4.74 Å². The summed E-state index contributed by atoms with van der Waals surface area (Å²) in [5, 5.41) is 0. The number of carbonyl (C=O) groups excluding carboxylic acids is 1. The standard InChI is InChI=1S/C18H23NO2/c1-13(20)19-12-11-14-5-3-4-6-17(14)18(19)15-7-9-16(21-2)10-8-15/h7-10,14H,3-6,11-12H2,1-2H3. The first kappa shape index (κ1) is 14.2. The average molecular weight is 285 g/mol. The van der Waals surface area contributed by atoms with E-state index in [9.17, 15) is 4.79 Å². The molecule has 1 unspecified atom stereocenters. The summed E-state index contributed by atoms with van der Waals surface area (Å²) in [6.45, 7) is 2.53. The number of carbonyl (C=O) groups is 1. The summed E-state index contributed by atoms with van der Waals surface area (Å²) in [7, 11) is 1.68. The van der Waals surface area contributed by atoms with Crippen LogP contribution in [0, 0.1) is 5.92 Å². The molecule has 1 aliphatic carbocycles. The second kappa shape index (κ2) is 5.92. The third kappa shape index (κ3) is 2.69. The average Bonchev–Trinajstić information content (AvgIpc) is 2.53. The molecule has 1 aromatic carbocycles. The van der Waals surface area contributed by atoms with Gasteiger partial charge in [-0.05, 0) is 67.0 Å². The van der Waals surface area contributed by atoms with Crippen LogP contribution in [0.4, 0.5) is 0 Å². The minimum absolute atomic E-state index is 0.150. The van der Waals surface area contributed by atoms with E-state index in [1.54, 1.807) is 14.0 Å². The first-order valence-electron chi connectivity index (χ1n) is 7.86. The molecule has 0 saturated heterocycles. The summed E-state index contributed by atoms with van der Waals surface area (Å²) in [5.74, 6) is 1.68. The molecule has 3 heteroatoms. The zero-order valence-electron chi connectivity index (χ0n) is 12.9. The van der Waals surface area contributed by atoms with Gasteiger partial charge in [0.2, 0.25) is 5.91 Å². The second-order valence-corrected chi connectivity index (χ2v) is 6.00. The topological polar surface area (TPSA) is 29.5 Å². The van der Waals surface area contributed by atoms with Crippen molar-refractivity contribution in [3.8, 4) is 5.75 Å². The zero-order chi connectivity index (χ0) is 14.8. The van der Waals surface area contributed by atoms with E-state index in [4.69, 9.17) is 4.74 Å². The Hall–Kier alpha value is -1.77. The van der Waals surface area contributed by atoms with Gasteiger partial charge in [-0.15, -0.1) is 0 Å². The lowest BCUT2D eigenvalue weighted by Crippen LogP contribution is -2.36. The smallest absolute Gasteiger partial charge is 0.223 e. The lowest BCUT2D eigenvalue weighted by molar-refractivity contribution is -0.126. The predicted octanol–water partition coefficient (Wildman–Crippen LogP) is 3.85. The summed E-state index contributed by atoms with van der Waals surface area (Å²) < 4.78 is 5.24. The van der Waals surface area contributed by atoms with Crippen LogP contribution in [0.25, 0.3) is 5.70 Å². The van der Waals surface area contributed by atoms with Crippen LogP contribution in [-0.4, -0.2) is 24.5 Å². The lowest BCUT2D eigenvalue weighted by Gasteiger charge is -2.39. The van der Waals surface area contributed by atoms with Gasteiger partial charge in [-0.1, -0.05) is 6.42 Å². The van der Waals surface area contributed by atoms with Gasteiger partial charge in [-0.3, -0.25) is 4.79 Å². The molecule has 1 aromatic rings. The van der Waals surface area contributed by atoms with Gasteiger partial charge >= 0.3 is 0 Å². The van der Waals surface area contributed by atoms with Crippen LogP contribution in [0.2, 0.25) is 0 Å². The zero-order valence-corrected chi connectivity index (χ0v) is 12.9. The number of hydrogen-bond donors (Lipinski definition) is 0. The van der Waals surface area contributed by atoms with Gasteiger partial charge in [0.05, 0.1) is 12.8 Å². The Bertz CT molecular complexity index is 559. The molecule has 1 atom stereocenters. The molecule has 1 fully saturated rings. The summed E-state index contributed by atoms with van der Waals surface area (Å²) in [6.07, 6.45) is 6.10. The first-order chi connectivity index (χ1) is 10.2. The minimum atomic E-state index is 0.150. The highest BCUT2D eigenvalue weighted by Gasteiger charge is 2.31. The van der Waals surface area contributed by atoms with E-state index in [2.05, 4.69) is 12.1 Å². The van der Waals surface area contributed by atoms with Crippen LogP contribution >= 0.6 is 0 Å². The fraction of sp³-hybridized carbons (Fsp3) is 0.500. The Morgan fingerprint density at radius 2 is 1.95 bits per heavy atom. The third-order valence-electron chi connectivity index (χ3n) is 4.76. The summed E-state index contributed by atoms with van der Waals surface area (Å²) in [5.41, 5.74) is 3.81. The Morgan fingerprint density at radius 1 is 1.19 bits per heavy atom.